The molecular formula is C18H16BBrN+. The van der Waals surface area contributed by atoms with Crippen LogP contribution in [0.15, 0.2) is 89.7 Å². The Morgan fingerprint density at radius 2 is 1.33 bits per heavy atom. The number of aromatic nitrogens is 1. The SMILES string of the molecule is Brc1ccc[n+](CB(c2ccccc2)c2ccccc2)c1. The molecule has 21 heavy (non-hydrogen) atoms. The van der Waals surface area contributed by atoms with Gasteiger partial charge in [0, 0.05) is 6.07 Å². The molecule has 0 saturated heterocycles. The Morgan fingerprint density at radius 3 is 1.86 bits per heavy atom. The molecule has 2 aromatic carbocycles. The monoisotopic (exact) mass is 336 g/mol. The molecular weight excluding hydrogens is 321 g/mol. The third-order valence-corrected chi connectivity index (χ3v) is 4.09. The summed E-state index contributed by atoms with van der Waals surface area (Å²) in [5.41, 5.74) is 2.69. The molecule has 3 heteroatoms. The molecule has 0 bridgehead atoms. The molecule has 102 valence electrons. The second-order valence-corrected chi connectivity index (χ2v) is 6.01. The highest BCUT2D eigenvalue weighted by molar-refractivity contribution is 9.10. The highest BCUT2D eigenvalue weighted by atomic mass is 79.9. The molecule has 0 saturated carbocycles. The number of pyridine rings is 1. The first kappa shape index (κ1) is 14.1. The van der Waals surface area contributed by atoms with Crippen molar-refractivity contribution < 1.29 is 4.57 Å². The van der Waals surface area contributed by atoms with Gasteiger partial charge in [-0.1, -0.05) is 71.6 Å². The molecule has 0 radical (unpaired) electrons. The second kappa shape index (κ2) is 6.73. The van der Waals surface area contributed by atoms with Crippen molar-refractivity contribution >= 4 is 33.6 Å². The molecule has 0 unspecified atom stereocenters. The summed E-state index contributed by atoms with van der Waals surface area (Å²) >= 11 is 3.54. The number of benzene rings is 2. The number of halogens is 1. The summed E-state index contributed by atoms with van der Waals surface area (Å²) < 4.78 is 3.33. The van der Waals surface area contributed by atoms with Gasteiger partial charge in [0.2, 0.25) is 0 Å². The largest absolute Gasteiger partial charge is 0.288 e. The molecule has 0 aliphatic carbocycles. The maximum Gasteiger partial charge on any atom is 0.288 e. The van der Waals surface area contributed by atoms with E-state index in [2.05, 4.69) is 106 Å². The fourth-order valence-electron chi connectivity index (χ4n) is 2.59. The predicted octanol–water partition coefficient (Wildman–Crippen LogP) is 2.59. The van der Waals surface area contributed by atoms with Crippen LogP contribution in [0.4, 0.5) is 0 Å². The number of nitrogens with zero attached hydrogens (tertiary/aromatic N) is 1. The lowest BCUT2D eigenvalue weighted by Crippen LogP contribution is -2.53. The van der Waals surface area contributed by atoms with Crippen molar-refractivity contribution in [1.82, 2.24) is 0 Å². The van der Waals surface area contributed by atoms with Crippen LogP contribution >= 0.6 is 15.9 Å². The van der Waals surface area contributed by atoms with Crippen molar-refractivity contribution in [3.63, 3.8) is 0 Å². The Labute approximate surface area is 134 Å². The van der Waals surface area contributed by atoms with Crippen LogP contribution in [0.3, 0.4) is 0 Å². The van der Waals surface area contributed by atoms with Crippen molar-refractivity contribution in [2.75, 3.05) is 0 Å². The van der Waals surface area contributed by atoms with Crippen molar-refractivity contribution in [1.29, 1.82) is 0 Å². The molecule has 1 heterocycles. The first-order valence-corrected chi connectivity index (χ1v) is 7.87. The van der Waals surface area contributed by atoms with Gasteiger partial charge >= 0.3 is 0 Å². The van der Waals surface area contributed by atoms with E-state index in [1.54, 1.807) is 0 Å². The molecule has 0 N–H and O–H groups in total. The van der Waals surface area contributed by atoms with Gasteiger partial charge in [-0.05, 0) is 22.0 Å². The molecule has 0 aliphatic rings. The lowest BCUT2D eigenvalue weighted by Gasteiger charge is -2.11. The topological polar surface area (TPSA) is 3.88 Å². The van der Waals surface area contributed by atoms with Crippen molar-refractivity contribution in [3.05, 3.63) is 89.7 Å². The van der Waals surface area contributed by atoms with Crippen LogP contribution in [-0.4, -0.2) is 6.71 Å². The smallest absolute Gasteiger partial charge is 0.211 e. The minimum absolute atomic E-state index is 0.353. The van der Waals surface area contributed by atoms with Gasteiger partial charge in [0.25, 0.3) is 6.71 Å². The maximum atomic E-state index is 3.54. The van der Waals surface area contributed by atoms with Crippen LogP contribution in [-0.2, 0) is 6.44 Å². The summed E-state index contributed by atoms with van der Waals surface area (Å²) in [4.78, 5) is 0. The van der Waals surface area contributed by atoms with Crippen LogP contribution in [0.5, 0.6) is 0 Å². The standard InChI is InChI=1S/C18H16BBrN/c20-18-12-7-13-21(14-18)15-19(16-8-3-1-4-9-16)17-10-5-2-6-11-17/h1-14H,15H2/q+1. The van der Waals surface area contributed by atoms with Crippen LogP contribution in [0.25, 0.3) is 0 Å². The quantitative estimate of drug-likeness (QED) is 0.509. The van der Waals surface area contributed by atoms with Crippen LogP contribution in [0, 0.1) is 0 Å². The van der Waals surface area contributed by atoms with E-state index < -0.39 is 0 Å². The molecule has 0 fully saturated rings. The maximum absolute atomic E-state index is 3.54. The zero-order valence-electron chi connectivity index (χ0n) is 11.7. The summed E-state index contributed by atoms with van der Waals surface area (Å²) in [6.07, 6.45) is 5.16. The highest BCUT2D eigenvalue weighted by Gasteiger charge is 2.24. The summed E-state index contributed by atoms with van der Waals surface area (Å²) in [7, 11) is 0. The molecule has 0 atom stereocenters. The minimum Gasteiger partial charge on any atom is -0.211 e. The van der Waals surface area contributed by atoms with Crippen LogP contribution in [0.1, 0.15) is 0 Å². The average Bonchev–Trinajstić information content (AvgIpc) is 2.54. The van der Waals surface area contributed by atoms with E-state index in [9.17, 15) is 0 Å². The van der Waals surface area contributed by atoms with Gasteiger partial charge in [-0.3, -0.25) is 0 Å². The van der Waals surface area contributed by atoms with Crippen molar-refractivity contribution in [3.8, 4) is 0 Å². The Morgan fingerprint density at radius 1 is 0.762 bits per heavy atom. The number of hydrogen-bond donors (Lipinski definition) is 0. The fourth-order valence-corrected chi connectivity index (χ4v) is 3.00. The summed E-state index contributed by atoms with van der Waals surface area (Å²) in [5, 5.41) is 0. The van der Waals surface area contributed by atoms with E-state index in [0.717, 1.165) is 10.9 Å². The normalized spacial score (nSPS) is 10.3. The van der Waals surface area contributed by atoms with E-state index in [1.165, 1.54) is 10.9 Å². The average molecular weight is 337 g/mol. The van der Waals surface area contributed by atoms with Gasteiger partial charge in [-0.15, -0.1) is 0 Å². The first-order chi connectivity index (χ1) is 10.3. The number of rotatable bonds is 4. The van der Waals surface area contributed by atoms with Crippen molar-refractivity contribution in [2.24, 2.45) is 0 Å². The van der Waals surface area contributed by atoms with E-state index in [-0.39, 0.29) is 0 Å². The molecule has 1 nitrogen and oxygen atoms in total. The molecule has 0 spiro atoms. The zero-order chi connectivity index (χ0) is 14.5. The molecule has 3 aromatic rings. The molecule has 1 aromatic heterocycles. The van der Waals surface area contributed by atoms with E-state index in [1.807, 2.05) is 0 Å². The van der Waals surface area contributed by atoms with Gasteiger partial charge in [0.1, 0.15) is 6.44 Å². The van der Waals surface area contributed by atoms with Gasteiger partial charge in [0.15, 0.2) is 12.4 Å². The molecule has 0 amide bonds. The third-order valence-electron chi connectivity index (χ3n) is 3.62. The molecule has 3 rings (SSSR count). The number of hydrogen-bond acceptors (Lipinski definition) is 0. The van der Waals surface area contributed by atoms with E-state index in [4.69, 9.17) is 0 Å². The minimum atomic E-state index is 0.353. The fraction of sp³-hybridized carbons (Fsp3) is 0.0556. The lowest BCUT2D eigenvalue weighted by molar-refractivity contribution is -0.680. The van der Waals surface area contributed by atoms with Gasteiger partial charge in [-0.25, -0.2) is 4.57 Å². The van der Waals surface area contributed by atoms with Gasteiger partial charge < -0.3 is 0 Å². The van der Waals surface area contributed by atoms with E-state index in [0.29, 0.717) is 6.71 Å². The summed E-state index contributed by atoms with van der Waals surface area (Å²) in [6.45, 7) is 0.353. The van der Waals surface area contributed by atoms with Crippen LogP contribution in [0.2, 0.25) is 0 Å². The Bertz CT molecular complexity index is 661. The lowest BCUT2D eigenvalue weighted by atomic mass is 9.40. The van der Waals surface area contributed by atoms with Gasteiger partial charge in [0.05, 0.1) is 4.47 Å². The summed E-state index contributed by atoms with van der Waals surface area (Å²) in [5.74, 6) is 0. The highest BCUT2D eigenvalue weighted by Crippen LogP contribution is 2.03. The first-order valence-electron chi connectivity index (χ1n) is 7.07. The summed E-state index contributed by atoms with van der Waals surface area (Å²) in [6, 6.07) is 25.5. The third kappa shape index (κ3) is 3.62. The predicted molar refractivity (Wildman–Crippen MR) is 92.2 cm³/mol. The van der Waals surface area contributed by atoms with Crippen molar-refractivity contribution in [2.45, 2.75) is 6.44 Å². The Hall–Kier alpha value is -1.87. The zero-order valence-corrected chi connectivity index (χ0v) is 13.3. The Kier molecular flexibility index (Phi) is 4.51. The van der Waals surface area contributed by atoms with E-state index >= 15 is 0 Å². The molecule has 0 aliphatic heterocycles. The Balaban J connectivity index is 1.97. The van der Waals surface area contributed by atoms with Gasteiger partial charge in [-0.2, -0.15) is 0 Å². The second-order valence-electron chi connectivity index (χ2n) is 5.09. The van der Waals surface area contributed by atoms with Crippen LogP contribution < -0.4 is 15.5 Å².